The van der Waals surface area contributed by atoms with E-state index in [0.717, 1.165) is 32.4 Å². The zero-order valence-corrected chi connectivity index (χ0v) is 17.2. The third kappa shape index (κ3) is 4.79. The smallest absolute Gasteiger partial charge is 0.226 e. The van der Waals surface area contributed by atoms with E-state index in [-0.39, 0.29) is 5.92 Å². The molecule has 0 bridgehead atoms. The predicted octanol–water partition coefficient (Wildman–Crippen LogP) is 5.47. The van der Waals surface area contributed by atoms with E-state index in [9.17, 15) is 4.79 Å². The van der Waals surface area contributed by atoms with Crippen LogP contribution in [0.25, 0.3) is 0 Å². The SMILES string of the molecule is CCCCN(Cc1cccn1Cc1ccccc1)C(=O)[C@@H]1C[C@H]1c1ccccc1. The van der Waals surface area contributed by atoms with Crippen molar-refractivity contribution in [3.05, 3.63) is 95.8 Å². The van der Waals surface area contributed by atoms with E-state index in [1.807, 2.05) is 12.1 Å². The summed E-state index contributed by atoms with van der Waals surface area (Å²) in [6.45, 7) is 4.56. The Kier molecular flexibility index (Phi) is 6.14. The second-order valence-corrected chi connectivity index (χ2v) is 8.09. The van der Waals surface area contributed by atoms with Crippen LogP contribution in [0.1, 0.15) is 48.9 Å². The molecule has 29 heavy (non-hydrogen) atoms. The summed E-state index contributed by atoms with van der Waals surface area (Å²) in [6.07, 6.45) is 5.25. The molecule has 3 heteroatoms. The molecule has 1 amide bonds. The molecule has 0 radical (unpaired) electrons. The van der Waals surface area contributed by atoms with Crippen LogP contribution in [0, 0.1) is 5.92 Å². The van der Waals surface area contributed by atoms with Crippen molar-refractivity contribution in [2.45, 2.75) is 45.2 Å². The number of benzene rings is 2. The summed E-state index contributed by atoms with van der Waals surface area (Å²) in [5.41, 5.74) is 3.78. The van der Waals surface area contributed by atoms with Gasteiger partial charge in [0.25, 0.3) is 0 Å². The molecule has 4 rings (SSSR count). The van der Waals surface area contributed by atoms with E-state index in [2.05, 4.69) is 83.3 Å². The number of rotatable bonds is 9. The minimum atomic E-state index is 0.145. The number of carbonyl (C=O) groups excluding carboxylic acids is 1. The van der Waals surface area contributed by atoms with Crippen LogP contribution in [0.2, 0.25) is 0 Å². The highest BCUT2D eigenvalue weighted by atomic mass is 16.2. The van der Waals surface area contributed by atoms with Crippen molar-refractivity contribution in [1.29, 1.82) is 0 Å². The maximum absolute atomic E-state index is 13.3. The molecule has 1 aromatic heterocycles. The van der Waals surface area contributed by atoms with Crippen LogP contribution in [-0.2, 0) is 17.9 Å². The van der Waals surface area contributed by atoms with Gasteiger partial charge in [0.2, 0.25) is 5.91 Å². The third-order valence-corrected chi connectivity index (χ3v) is 5.90. The first kappa shape index (κ1) is 19.5. The first-order valence-electron chi connectivity index (χ1n) is 10.8. The summed E-state index contributed by atoms with van der Waals surface area (Å²) in [5, 5.41) is 0. The number of amides is 1. The molecule has 1 fully saturated rings. The van der Waals surface area contributed by atoms with Crippen molar-refractivity contribution in [3.63, 3.8) is 0 Å². The number of carbonyl (C=O) groups is 1. The summed E-state index contributed by atoms with van der Waals surface area (Å²) in [7, 11) is 0. The van der Waals surface area contributed by atoms with Crippen LogP contribution >= 0.6 is 0 Å². The lowest BCUT2D eigenvalue weighted by molar-refractivity contribution is -0.133. The molecule has 0 N–H and O–H groups in total. The molecule has 150 valence electrons. The molecular weight excluding hydrogens is 356 g/mol. The molecule has 2 aromatic carbocycles. The highest BCUT2D eigenvalue weighted by Crippen LogP contribution is 2.48. The van der Waals surface area contributed by atoms with Crippen LogP contribution in [0.5, 0.6) is 0 Å². The van der Waals surface area contributed by atoms with Crippen molar-refractivity contribution < 1.29 is 4.79 Å². The maximum atomic E-state index is 13.3. The second kappa shape index (κ2) is 9.13. The fraction of sp³-hybridized carbons (Fsp3) is 0.346. The molecule has 0 spiro atoms. The summed E-state index contributed by atoms with van der Waals surface area (Å²) < 4.78 is 2.27. The summed E-state index contributed by atoms with van der Waals surface area (Å²) in [6, 6.07) is 25.2. The Balaban J connectivity index is 1.46. The molecule has 2 atom stereocenters. The van der Waals surface area contributed by atoms with E-state index in [1.165, 1.54) is 16.8 Å². The van der Waals surface area contributed by atoms with Gasteiger partial charge in [-0.1, -0.05) is 74.0 Å². The quantitative estimate of drug-likeness (QED) is 0.479. The average molecular weight is 387 g/mol. The van der Waals surface area contributed by atoms with Crippen LogP contribution in [0.3, 0.4) is 0 Å². The number of unbranched alkanes of at least 4 members (excludes halogenated alkanes) is 1. The Bertz CT molecular complexity index is 916. The second-order valence-electron chi connectivity index (χ2n) is 8.09. The Labute approximate surface area is 174 Å². The Morgan fingerprint density at radius 2 is 1.72 bits per heavy atom. The lowest BCUT2D eigenvalue weighted by Gasteiger charge is -2.24. The first-order chi connectivity index (χ1) is 14.3. The molecule has 1 aliphatic carbocycles. The van der Waals surface area contributed by atoms with Gasteiger partial charge in [-0.25, -0.2) is 0 Å². The fourth-order valence-corrected chi connectivity index (χ4v) is 4.11. The zero-order valence-electron chi connectivity index (χ0n) is 17.2. The largest absolute Gasteiger partial charge is 0.345 e. The highest BCUT2D eigenvalue weighted by molar-refractivity contribution is 5.83. The van der Waals surface area contributed by atoms with Gasteiger partial charge in [0.1, 0.15) is 0 Å². The number of hydrogen-bond donors (Lipinski definition) is 0. The molecule has 3 nitrogen and oxygen atoms in total. The normalized spacial score (nSPS) is 17.8. The van der Waals surface area contributed by atoms with Crippen LogP contribution in [-0.4, -0.2) is 21.9 Å². The lowest BCUT2D eigenvalue weighted by Crippen LogP contribution is -2.33. The van der Waals surface area contributed by atoms with Gasteiger partial charge in [0, 0.05) is 30.9 Å². The molecule has 1 saturated carbocycles. The minimum absolute atomic E-state index is 0.145. The van der Waals surface area contributed by atoms with Gasteiger partial charge >= 0.3 is 0 Å². The van der Waals surface area contributed by atoms with E-state index in [0.29, 0.717) is 18.4 Å². The van der Waals surface area contributed by atoms with Gasteiger partial charge in [0.15, 0.2) is 0 Å². The van der Waals surface area contributed by atoms with Crippen molar-refractivity contribution in [2.75, 3.05) is 6.54 Å². The van der Waals surface area contributed by atoms with Gasteiger partial charge in [-0.05, 0) is 42.0 Å². The van der Waals surface area contributed by atoms with Gasteiger partial charge in [0.05, 0.1) is 6.54 Å². The molecule has 0 unspecified atom stereocenters. The number of nitrogens with zero attached hydrogens (tertiary/aromatic N) is 2. The molecule has 1 heterocycles. The van der Waals surface area contributed by atoms with Gasteiger partial charge in [-0.3, -0.25) is 4.79 Å². The molecular formula is C26H30N2O. The number of aromatic nitrogens is 1. The lowest BCUT2D eigenvalue weighted by atomic mass is 10.1. The fourth-order valence-electron chi connectivity index (χ4n) is 4.11. The monoisotopic (exact) mass is 386 g/mol. The third-order valence-electron chi connectivity index (χ3n) is 5.90. The first-order valence-corrected chi connectivity index (χ1v) is 10.8. The molecule has 1 aliphatic rings. The summed E-state index contributed by atoms with van der Waals surface area (Å²) in [4.78, 5) is 15.4. The van der Waals surface area contributed by atoms with E-state index in [4.69, 9.17) is 0 Å². The zero-order chi connectivity index (χ0) is 20.1. The maximum Gasteiger partial charge on any atom is 0.226 e. The van der Waals surface area contributed by atoms with E-state index >= 15 is 0 Å². The number of hydrogen-bond acceptors (Lipinski definition) is 1. The van der Waals surface area contributed by atoms with Crippen LogP contribution in [0.15, 0.2) is 79.0 Å². The topological polar surface area (TPSA) is 25.2 Å². The minimum Gasteiger partial charge on any atom is -0.345 e. The van der Waals surface area contributed by atoms with Gasteiger partial charge < -0.3 is 9.47 Å². The van der Waals surface area contributed by atoms with Gasteiger partial charge in [-0.15, -0.1) is 0 Å². The van der Waals surface area contributed by atoms with Crippen molar-refractivity contribution in [3.8, 4) is 0 Å². The van der Waals surface area contributed by atoms with Crippen LogP contribution in [0.4, 0.5) is 0 Å². The predicted molar refractivity (Wildman–Crippen MR) is 118 cm³/mol. The van der Waals surface area contributed by atoms with Crippen molar-refractivity contribution in [2.24, 2.45) is 5.92 Å². The van der Waals surface area contributed by atoms with E-state index < -0.39 is 0 Å². The molecule has 0 saturated heterocycles. The van der Waals surface area contributed by atoms with E-state index in [1.54, 1.807) is 0 Å². The standard InChI is InChI=1S/C26H30N2O/c1-2-3-16-28(26(29)25-18-24(25)22-13-8-5-9-14-22)20-23-15-10-17-27(23)19-21-11-6-4-7-12-21/h4-15,17,24-25H,2-3,16,18-20H2,1H3/t24-,25+/m0/s1. The Hall–Kier alpha value is -2.81. The Morgan fingerprint density at radius 1 is 1.00 bits per heavy atom. The average Bonchev–Trinajstić information content (AvgIpc) is 3.46. The molecule has 3 aromatic rings. The van der Waals surface area contributed by atoms with Crippen molar-refractivity contribution >= 4 is 5.91 Å². The Morgan fingerprint density at radius 3 is 2.45 bits per heavy atom. The highest BCUT2D eigenvalue weighted by Gasteiger charge is 2.45. The molecule has 0 aliphatic heterocycles. The van der Waals surface area contributed by atoms with Gasteiger partial charge in [-0.2, -0.15) is 0 Å². The van der Waals surface area contributed by atoms with Crippen molar-refractivity contribution in [1.82, 2.24) is 9.47 Å². The summed E-state index contributed by atoms with van der Waals surface area (Å²) >= 11 is 0. The van der Waals surface area contributed by atoms with Crippen LogP contribution < -0.4 is 0 Å². The summed E-state index contributed by atoms with van der Waals surface area (Å²) in [5.74, 6) is 0.857.